The van der Waals surface area contributed by atoms with Crippen LogP contribution < -0.4 is 4.90 Å². The second-order valence-electron chi connectivity index (χ2n) is 3.93. The Labute approximate surface area is 105 Å². The molecule has 0 spiro atoms. The van der Waals surface area contributed by atoms with Crippen molar-refractivity contribution >= 4 is 21.7 Å². The van der Waals surface area contributed by atoms with Crippen molar-refractivity contribution < 1.29 is 0 Å². The van der Waals surface area contributed by atoms with Gasteiger partial charge in [0.2, 0.25) is 0 Å². The summed E-state index contributed by atoms with van der Waals surface area (Å²) in [5, 5.41) is 1.05. The van der Waals surface area contributed by atoms with E-state index in [0.717, 1.165) is 37.3 Å². The van der Waals surface area contributed by atoms with E-state index in [2.05, 4.69) is 35.7 Å². The topological polar surface area (TPSA) is 32.3 Å². The summed E-state index contributed by atoms with van der Waals surface area (Å²) < 4.78 is 0. The average Bonchev–Trinajstić information content (AvgIpc) is 2.57. The highest BCUT2D eigenvalue weighted by molar-refractivity contribution is 9.09. The Morgan fingerprint density at radius 2 is 2.12 bits per heavy atom. The van der Waals surface area contributed by atoms with E-state index in [-0.39, 0.29) is 0 Å². The molecule has 0 N–H and O–H groups in total. The van der Waals surface area contributed by atoms with Crippen LogP contribution in [0.4, 0.5) is 5.82 Å². The summed E-state index contributed by atoms with van der Waals surface area (Å²) in [5.41, 5.74) is 0. The molecule has 0 aliphatic carbocycles. The zero-order valence-corrected chi connectivity index (χ0v) is 10.9. The number of anilines is 1. The molecule has 1 aliphatic heterocycles. The summed E-state index contributed by atoms with van der Waals surface area (Å²) in [6, 6.07) is 0. The van der Waals surface area contributed by atoms with Gasteiger partial charge in [0, 0.05) is 43.9 Å². The van der Waals surface area contributed by atoms with E-state index in [4.69, 9.17) is 0 Å². The maximum absolute atomic E-state index is 4.35. The fourth-order valence-corrected chi connectivity index (χ4v) is 2.50. The monoisotopic (exact) mass is 284 g/mol. The van der Waals surface area contributed by atoms with E-state index in [1.165, 1.54) is 13.0 Å². The molecule has 1 aromatic rings. The molecule has 4 nitrogen and oxygen atoms in total. The average molecular weight is 285 g/mol. The van der Waals surface area contributed by atoms with Gasteiger partial charge < -0.3 is 9.80 Å². The highest BCUT2D eigenvalue weighted by Gasteiger charge is 2.15. The second-order valence-corrected chi connectivity index (χ2v) is 4.73. The molecule has 16 heavy (non-hydrogen) atoms. The summed E-state index contributed by atoms with van der Waals surface area (Å²) in [7, 11) is 0. The zero-order chi connectivity index (χ0) is 11.2. The van der Waals surface area contributed by atoms with Gasteiger partial charge in [-0.05, 0) is 13.0 Å². The third-order valence-electron chi connectivity index (χ3n) is 2.86. The fourth-order valence-electron chi connectivity index (χ4n) is 2.00. The summed E-state index contributed by atoms with van der Waals surface area (Å²) >= 11 is 3.49. The third-order valence-corrected chi connectivity index (χ3v) is 3.22. The molecule has 88 valence electrons. The first kappa shape index (κ1) is 11.8. The summed E-state index contributed by atoms with van der Waals surface area (Å²) in [5.74, 6) is 1.00. The summed E-state index contributed by atoms with van der Waals surface area (Å²) in [6.45, 7) is 5.56. The number of alkyl halides is 1. The minimum atomic E-state index is 1.00. The van der Waals surface area contributed by atoms with Crippen LogP contribution in [0.3, 0.4) is 0 Å². The quantitative estimate of drug-likeness (QED) is 0.786. The van der Waals surface area contributed by atoms with Crippen LogP contribution in [-0.2, 0) is 0 Å². The van der Waals surface area contributed by atoms with E-state index >= 15 is 0 Å². The SMILES string of the molecule is BrCCN1CCCN(c2cnccn2)CC1. The number of hydrogen-bond donors (Lipinski definition) is 0. The lowest BCUT2D eigenvalue weighted by molar-refractivity contribution is 0.313. The van der Waals surface area contributed by atoms with Crippen LogP contribution in [0.5, 0.6) is 0 Å². The van der Waals surface area contributed by atoms with Gasteiger partial charge in [-0.15, -0.1) is 0 Å². The Bertz CT molecular complexity index is 306. The van der Waals surface area contributed by atoms with Crippen molar-refractivity contribution in [2.24, 2.45) is 0 Å². The Kier molecular flexibility index (Phi) is 4.54. The summed E-state index contributed by atoms with van der Waals surface area (Å²) in [4.78, 5) is 13.3. The van der Waals surface area contributed by atoms with E-state index < -0.39 is 0 Å². The lowest BCUT2D eigenvalue weighted by atomic mass is 10.4. The van der Waals surface area contributed by atoms with Crippen LogP contribution in [0.15, 0.2) is 18.6 Å². The Balaban J connectivity index is 1.94. The van der Waals surface area contributed by atoms with Crippen molar-refractivity contribution in [2.75, 3.05) is 43.0 Å². The van der Waals surface area contributed by atoms with Crippen LogP contribution in [0.2, 0.25) is 0 Å². The molecule has 0 amide bonds. The van der Waals surface area contributed by atoms with Crippen LogP contribution in [-0.4, -0.2) is 52.9 Å². The largest absolute Gasteiger partial charge is 0.354 e. The molecule has 0 unspecified atom stereocenters. The Morgan fingerprint density at radius 3 is 2.88 bits per heavy atom. The molecule has 0 radical (unpaired) electrons. The predicted molar refractivity (Wildman–Crippen MR) is 69.1 cm³/mol. The van der Waals surface area contributed by atoms with Gasteiger partial charge in [-0.25, -0.2) is 4.98 Å². The van der Waals surface area contributed by atoms with Gasteiger partial charge in [-0.2, -0.15) is 0 Å². The van der Waals surface area contributed by atoms with Crippen LogP contribution in [0.25, 0.3) is 0 Å². The molecule has 0 saturated carbocycles. The molecule has 0 atom stereocenters. The van der Waals surface area contributed by atoms with Gasteiger partial charge in [0.15, 0.2) is 0 Å². The van der Waals surface area contributed by atoms with E-state index in [1.54, 1.807) is 12.4 Å². The van der Waals surface area contributed by atoms with Gasteiger partial charge in [0.1, 0.15) is 5.82 Å². The molecule has 0 aromatic carbocycles. The first-order chi connectivity index (χ1) is 7.90. The number of hydrogen-bond acceptors (Lipinski definition) is 4. The number of rotatable bonds is 3. The highest BCUT2D eigenvalue weighted by Crippen LogP contribution is 2.11. The minimum Gasteiger partial charge on any atom is -0.354 e. The first-order valence-corrected chi connectivity index (χ1v) is 6.81. The minimum absolute atomic E-state index is 1.00. The van der Waals surface area contributed by atoms with Crippen LogP contribution >= 0.6 is 15.9 Å². The van der Waals surface area contributed by atoms with Crippen molar-refractivity contribution in [3.63, 3.8) is 0 Å². The standard InChI is InChI=1S/C11H17BrN4/c12-2-7-15-5-1-6-16(9-8-15)11-10-13-3-4-14-11/h3-4,10H,1-2,5-9H2. The number of aromatic nitrogens is 2. The molecule has 1 fully saturated rings. The maximum atomic E-state index is 4.35. The van der Waals surface area contributed by atoms with Gasteiger partial charge in [0.25, 0.3) is 0 Å². The molecule has 0 bridgehead atoms. The van der Waals surface area contributed by atoms with Gasteiger partial charge in [-0.3, -0.25) is 4.98 Å². The molecule has 2 heterocycles. The van der Waals surface area contributed by atoms with Crippen molar-refractivity contribution in [3.05, 3.63) is 18.6 Å². The van der Waals surface area contributed by atoms with Crippen molar-refractivity contribution in [1.29, 1.82) is 0 Å². The van der Waals surface area contributed by atoms with Crippen LogP contribution in [0, 0.1) is 0 Å². The van der Waals surface area contributed by atoms with Gasteiger partial charge in [-0.1, -0.05) is 15.9 Å². The smallest absolute Gasteiger partial charge is 0.147 e. The second kappa shape index (κ2) is 6.15. The first-order valence-electron chi connectivity index (χ1n) is 5.69. The number of halogens is 1. The molecule has 1 saturated heterocycles. The molecule has 1 aliphatic rings. The predicted octanol–water partition coefficient (Wildman–Crippen LogP) is 1.38. The highest BCUT2D eigenvalue weighted by atomic mass is 79.9. The van der Waals surface area contributed by atoms with E-state index in [9.17, 15) is 0 Å². The lowest BCUT2D eigenvalue weighted by Gasteiger charge is -2.21. The van der Waals surface area contributed by atoms with Crippen molar-refractivity contribution in [2.45, 2.75) is 6.42 Å². The summed E-state index contributed by atoms with van der Waals surface area (Å²) in [6.07, 6.45) is 6.53. The molecular formula is C11H17BrN4. The van der Waals surface area contributed by atoms with Gasteiger partial charge >= 0.3 is 0 Å². The van der Waals surface area contributed by atoms with Crippen molar-refractivity contribution in [1.82, 2.24) is 14.9 Å². The Morgan fingerprint density at radius 1 is 1.19 bits per heavy atom. The van der Waals surface area contributed by atoms with Crippen LogP contribution in [0.1, 0.15) is 6.42 Å². The molecule has 5 heteroatoms. The third kappa shape index (κ3) is 3.15. The van der Waals surface area contributed by atoms with Gasteiger partial charge in [0.05, 0.1) is 6.20 Å². The maximum Gasteiger partial charge on any atom is 0.147 e. The molecule has 2 rings (SSSR count). The fraction of sp³-hybridized carbons (Fsp3) is 0.636. The normalized spacial score (nSPS) is 18.4. The van der Waals surface area contributed by atoms with E-state index in [1.807, 2.05) is 6.20 Å². The van der Waals surface area contributed by atoms with Crippen molar-refractivity contribution in [3.8, 4) is 0 Å². The molecular weight excluding hydrogens is 268 g/mol. The lowest BCUT2D eigenvalue weighted by Crippen LogP contribution is -2.32. The van der Waals surface area contributed by atoms with E-state index in [0.29, 0.717) is 0 Å². The molecule has 1 aromatic heterocycles. The zero-order valence-electron chi connectivity index (χ0n) is 9.35. The Hall–Kier alpha value is -0.680. The number of nitrogens with zero attached hydrogens (tertiary/aromatic N) is 4.